The zero-order valence-corrected chi connectivity index (χ0v) is 13.5. The van der Waals surface area contributed by atoms with E-state index in [0.29, 0.717) is 40.8 Å². The summed E-state index contributed by atoms with van der Waals surface area (Å²) in [5.41, 5.74) is 2.08. The van der Waals surface area contributed by atoms with Crippen molar-refractivity contribution >= 4 is 11.0 Å². The first kappa shape index (κ1) is 14.2. The van der Waals surface area contributed by atoms with Crippen LogP contribution in [0.15, 0.2) is 22.6 Å². The van der Waals surface area contributed by atoms with E-state index in [2.05, 4.69) is 0 Å². The lowest BCUT2D eigenvalue weighted by Gasteiger charge is -2.21. The fourth-order valence-corrected chi connectivity index (χ4v) is 3.32. The van der Waals surface area contributed by atoms with Crippen LogP contribution in [0.5, 0.6) is 34.5 Å². The van der Waals surface area contributed by atoms with E-state index in [1.54, 1.807) is 12.1 Å². The maximum Gasteiger partial charge on any atom is 0.231 e. The van der Waals surface area contributed by atoms with Gasteiger partial charge in [0.15, 0.2) is 23.0 Å². The smallest absolute Gasteiger partial charge is 0.231 e. The van der Waals surface area contributed by atoms with Gasteiger partial charge in [-0.2, -0.15) is 0 Å². The first-order chi connectivity index (χ1) is 12.2. The van der Waals surface area contributed by atoms with Gasteiger partial charge in [-0.1, -0.05) is 0 Å². The average molecular weight is 342 g/mol. The first-order valence-electron chi connectivity index (χ1n) is 7.67. The summed E-state index contributed by atoms with van der Waals surface area (Å²) in [6, 6.07) is 5.30. The molecule has 0 fully saturated rings. The van der Waals surface area contributed by atoms with Crippen molar-refractivity contribution in [2.45, 2.75) is 6.61 Å². The molecule has 0 unspecified atom stereocenters. The highest BCUT2D eigenvalue weighted by Gasteiger charge is 2.32. The molecule has 1 aromatic heterocycles. The molecule has 2 aromatic carbocycles. The second-order valence-corrected chi connectivity index (χ2v) is 5.73. The lowest BCUT2D eigenvalue weighted by molar-refractivity contribution is 0.174. The Morgan fingerprint density at radius 3 is 2.52 bits per heavy atom. The van der Waals surface area contributed by atoms with Gasteiger partial charge in [-0.05, 0) is 6.07 Å². The number of benzene rings is 2. The number of furan rings is 1. The SMILES string of the molecule is COc1cc2c(c(OC)c1O)-c1oc3cc4c(cc3c1CO2)OCO4. The number of phenolic OH excluding ortho intramolecular Hbond substituents is 1. The summed E-state index contributed by atoms with van der Waals surface area (Å²) in [4.78, 5) is 0. The van der Waals surface area contributed by atoms with Crippen molar-refractivity contribution in [1.82, 2.24) is 0 Å². The van der Waals surface area contributed by atoms with Crippen LogP contribution >= 0.6 is 0 Å². The number of phenols is 1. The molecule has 0 bridgehead atoms. The maximum atomic E-state index is 10.4. The Bertz CT molecular complexity index is 1020. The normalized spacial score (nSPS) is 14.0. The van der Waals surface area contributed by atoms with Gasteiger partial charge in [0.25, 0.3) is 0 Å². The van der Waals surface area contributed by atoms with Crippen LogP contribution in [-0.2, 0) is 6.61 Å². The molecule has 0 radical (unpaired) electrons. The van der Waals surface area contributed by atoms with Crippen LogP contribution in [0, 0.1) is 0 Å². The van der Waals surface area contributed by atoms with Crippen molar-refractivity contribution in [3.05, 3.63) is 23.8 Å². The summed E-state index contributed by atoms with van der Waals surface area (Å²) in [5, 5.41) is 11.3. The van der Waals surface area contributed by atoms with E-state index < -0.39 is 0 Å². The van der Waals surface area contributed by atoms with Crippen molar-refractivity contribution in [2.24, 2.45) is 0 Å². The molecule has 0 saturated carbocycles. The Balaban J connectivity index is 1.81. The molecule has 1 N–H and O–H groups in total. The predicted molar refractivity (Wildman–Crippen MR) is 86.9 cm³/mol. The highest BCUT2D eigenvalue weighted by molar-refractivity contribution is 5.94. The third-order valence-corrected chi connectivity index (χ3v) is 4.49. The zero-order chi connectivity index (χ0) is 17.1. The molecule has 7 nitrogen and oxygen atoms in total. The van der Waals surface area contributed by atoms with Crippen molar-refractivity contribution in [1.29, 1.82) is 0 Å². The molecule has 7 heteroatoms. The van der Waals surface area contributed by atoms with E-state index in [1.807, 2.05) is 6.07 Å². The largest absolute Gasteiger partial charge is 0.502 e. The number of hydrogen-bond donors (Lipinski definition) is 1. The Morgan fingerprint density at radius 2 is 1.76 bits per heavy atom. The third kappa shape index (κ3) is 1.80. The maximum absolute atomic E-state index is 10.4. The molecular formula is C18H14O7. The zero-order valence-electron chi connectivity index (χ0n) is 13.5. The summed E-state index contributed by atoms with van der Waals surface area (Å²) in [5.74, 6) is 2.85. The number of hydrogen-bond acceptors (Lipinski definition) is 7. The van der Waals surface area contributed by atoms with Crippen LogP contribution in [0.25, 0.3) is 22.3 Å². The highest BCUT2D eigenvalue weighted by Crippen LogP contribution is 2.54. The van der Waals surface area contributed by atoms with Crippen LogP contribution < -0.4 is 23.7 Å². The van der Waals surface area contributed by atoms with E-state index in [4.69, 9.17) is 28.1 Å². The third-order valence-electron chi connectivity index (χ3n) is 4.49. The average Bonchev–Trinajstić information content (AvgIpc) is 3.22. The highest BCUT2D eigenvalue weighted by atomic mass is 16.7. The van der Waals surface area contributed by atoms with E-state index in [1.165, 1.54) is 14.2 Å². The lowest BCUT2D eigenvalue weighted by Crippen LogP contribution is -2.06. The van der Waals surface area contributed by atoms with Gasteiger partial charge in [-0.15, -0.1) is 0 Å². The number of aromatic hydroxyl groups is 1. The monoisotopic (exact) mass is 342 g/mol. The van der Waals surface area contributed by atoms with Crippen LogP contribution in [0.3, 0.4) is 0 Å². The molecule has 0 aliphatic carbocycles. The Labute approximate surface area is 142 Å². The van der Waals surface area contributed by atoms with Crippen molar-refractivity contribution in [3.63, 3.8) is 0 Å². The molecule has 2 aliphatic rings. The number of fused-ring (bicyclic) bond motifs is 6. The molecule has 0 atom stereocenters. The first-order valence-corrected chi connectivity index (χ1v) is 7.67. The van der Waals surface area contributed by atoms with E-state index in [0.717, 1.165) is 10.9 Å². The summed E-state index contributed by atoms with van der Waals surface area (Å²) in [7, 11) is 2.94. The summed E-state index contributed by atoms with van der Waals surface area (Å²) >= 11 is 0. The molecule has 3 heterocycles. The minimum atomic E-state index is -0.102. The Hall–Kier alpha value is -3.22. The van der Waals surface area contributed by atoms with E-state index in [9.17, 15) is 5.11 Å². The van der Waals surface area contributed by atoms with E-state index in [-0.39, 0.29) is 24.0 Å². The van der Waals surface area contributed by atoms with E-state index >= 15 is 0 Å². The molecule has 0 amide bonds. The quantitative estimate of drug-likeness (QED) is 0.764. The van der Waals surface area contributed by atoms with Gasteiger partial charge < -0.3 is 33.2 Å². The van der Waals surface area contributed by atoms with Gasteiger partial charge in [0.05, 0.1) is 14.2 Å². The second kappa shape index (κ2) is 4.89. The fraction of sp³-hybridized carbons (Fsp3) is 0.222. The molecule has 3 aromatic rings. The topological polar surface area (TPSA) is 79.5 Å². The van der Waals surface area contributed by atoms with Gasteiger partial charge in [-0.3, -0.25) is 0 Å². The number of ether oxygens (including phenoxy) is 5. The lowest BCUT2D eigenvalue weighted by atomic mass is 10.0. The standard InChI is InChI=1S/C18H14O7/c1-20-14-5-13-15(18(21-2)16(14)19)17-9(6-22-13)8-3-11-12(24-7-23-11)4-10(8)25-17/h3-5,19H,6-7H2,1-2H3. The van der Waals surface area contributed by atoms with Crippen LogP contribution in [0.4, 0.5) is 0 Å². The predicted octanol–water partition coefficient (Wildman–Crippen LogP) is 3.44. The molecular weight excluding hydrogens is 328 g/mol. The number of methoxy groups -OCH3 is 2. The van der Waals surface area contributed by atoms with Crippen molar-refractivity contribution < 1.29 is 33.2 Å². The molecule has 5 rings (SSSR count). The van der Waals surface area contributed by atoms with Crippen molar-refractivity contribution in [3.8, 4) is 45.8 Å². The summed E-state index contributed by atoms with van der Waals surface area (Å²) < 4.78 is 33.4. The van der Waals surface area contributed by atoms with Crippen molar-refractivity contribution in [2.75, 3.05) is 21.0 Å². The van der Waals surface area contributed by atoms with Gasteiger partial charge in [-0.25, -0.2) is 0 Å². The van der Waals surface area contributed by atoms with Gasteiger partial charge >= 0.3 is 0 Å². The van der Waals surface area contributed by atoms with Crippen LogP contribution in [0.1, 0.15) is 5.56 Å². The molecule has 0 saturated heterocycles. The number of rotatable bonds is 2. The van der Waals surface area contributed by atoms with Crippen LogP contribution in [-0.4, -0.2) is 26.1 Å². The second-order valence-electron chi connectivity index (χ2n) is 5.73. The van der Waals surface area contributed by atoms with Gasteiger partial charge in [0.2, 0.25) is 12.5 Å². The molecule has 25 heavy (non-hydrogen) atoms. The Morgan fingerprint density at radius 1 is 0.960 bits per heavy atom. The van der Waals surface area contributed by atoms with Gasteiger partial charge in [0.1, 0.15) is 29.3 Å². The van der Waals surface area contributed by atoms with Gasteiger partial charge in [0, 0.05) is 23.1 Å². The minimum absolute atomic E-state index is 0.102. The molecule has 2 aliphatic heterocycles. The fourth-order valence-electron chi connectivity index (χ4n) is 3.32. The Kier molecular flexibility index (Phi) is 2.77. The summed E-state index contributed by atoms with van der Waals surface area (Å²) in [6.45, 7) is 0.525. The molecule has 128 valence electrons. The van der Waals surface area contributed by atoms with Crippen LogP contribution in [0.2, 0.25) is 0 Å². The summed E-state index contributed by atoms with van der Waals surface area (Å²) in [6.07, 6.45) is 0. The minimum Gasteiger partial charge on any atom is -0.502 e. The molecule has 0 spiro atoms.